The monoisotopic (exact) mass is 259 g/mol. The molecule has 0 amide bonds. The Kier molecular flexibility index (Phi) is 5.04. The molecule has 0 aromatic heterocycles. The zero-order chi connectivity index (χ0) is 13.7. The van der Waals surface area contributed by atoms with Crippen LogP contribution in [0.1, 0.15) is 61.6 Å². The second-order valence-corrected chi connectivity index (χ2v) is 6.53. The molecular formula is C18H29N. The molecule has 1 heteroatoms. The van der Waals surface area contributed by atoms with Crippen molar-refractivity contribution >= 4 is 0 Å². The van der Waals surface area contributed by atoms with E-state index >= 15 is 0 Å². The molecule has 0 aliphatic heterocycles. The summed E-state index contributed by atoms with van der Waals surface area (Å²) in [5.41, 5.74) is 10.8. The van der Waals surface area contributed by atoms with Crippen molar-refractivity contribution in [3.05, 3.63) is 34.9 Å². The molecule has 1 aliphatic rings. The molecule has 2 N–H and O–H groups in total. The smallest absolute Gasteiger partial charge is 0.00720 e. The van der Waals surface area contributed by atoms with Gasteiger partial charge in [0.1, 0.15) is 0 Å². The van der Waals surface area contributed by atoms with E-state index in [0.717, 1.165) is 6.54 Å². The van der Waals surface area contributed by atoms with Crippen molar-refractivity contribution in [1.82, 2.24) is 0 Å². The van der Waals surface area contributed by atoms with Gasteiger partial charge in [-0.05, 0) is 69.0 Å². The number of rotatable bonds is 5. The molecule has 0 saturated heterocycles. The predicted octanol–water partition coefficient (Wildman–Crippen LogP) is 4.54. The zero-order valence-electron chi connectivity index (χ0n) is 12.7. The Morgan fingerprint density at radius 1 is 1.05 bits per heavy atom. The topological polar surface area (TPSA) is 26.0 Å². The molecule has 0 spiro atoms. The maximum atomic E-state index is 5.86. The van der Waals surface area contributed by atoms with Crippen molar-refractivity contribution in [2.45, 2.75) is 65.2 Å². The number of hydrogen-bond acceptors (Lipinski definition) is 1. The molecule has 1 aliphatic carbocycles. The SMILES string of the molecule is Cc1ccc(CCC2(CCN)CCCCC2)c(C)c1. The molecule has 106 valence electrons. The van der Waals surface area contributed by atoms with Crippen LogP contribution in [0.15, 0.2) is 18.2 Å². The van der Waals surface area contributed by atoms with Gasteiger partial charge < -0.3 is 5.73 Å². The minimum Gasteiger partial charge on any atom is -0.330 e. The van der Waals surface area contributed by atoms with Crippen LogP contribution in [0.2, 0.25) is 0 Å². The van der Waals surface area contributed by atoms with Gasteiger partial charge >= 0.3 is 0 Å². The molecule has 1 aromatic rings. The first-order chi connectivity index (χ1) is 9.15. The Balaban J connectivity index is 2.01. The zero-order valence-corrected chi connectivity index (χ0v) is 12.7. The lowest BCUT2D eigenvalue weighted by molar-refractivity contribution is 0.161. The van der Waals surface area contributed by atoms with E-state index in [0.29, 0.717) is 5.41 Å². The number of hydrogen-bond donors (Lipinski definition) is 1. The summed E-state index contributed by atoms with van der Waals surface area (Å²) in [5, 5.41) is 0. The molecule has 1 saturated carbocycles. The van der Waals surface area contributed by atoms with E-state index < -0.39 is 0 Å². The van der Waals surface area contributed by atoms with Gasteiger partial charge in [-0.3, -0.25) is 0 Å². The largest absolute Gasteiger partial charge is 0.330 e. The van der Waals surface area contributed by atoms with Crippen molar-refractivity contribution < 1.29 is 0 Å². The second-order valence-electron chi connectivity index (χ2n) is 6.53. The van der Waals surface area contributed by atoms with Crippen LogP contribution < -0.4 is 5.73 Å². The highest BCUT2D eigenvalue weighted by Gasteiger charge is 2.30. The van der Waals surface area contributed by atoms with Crippen molar-refractivity contribution in [3.8, 4) is 0 Å². The van der Waals surface area contributed by atoms with E-state index in [2.05, 4.69) is 32.0 Å². The van der Waals surface area contributed by atoms with E-state index in [9.17, 15) is 0 Å². The van der Waals surface area contributed by atoms with Crippen LogP contribution in [-0.2, 0) is 6.42 Å². The van der Waals surface area contributed by atoms with Crippen LogP contribution in [0, 0.1) is 19.3 Å². The van der Waals surface area contributed by atoms with Crippen molar-refractivity contribution in [2.24, 2.45) is 11.1 Å². The van der Waals surface area contributed by atoms with Crippen LogP contribution in [0.25, 0.3) is 0 Å². The second kappa shape index (κ2) is 6.56. The molecule has 19 heavy (non-hydrogen) atoms. The minimum absolute atomic E-state index is 0.546. The summed E-state index contributed by atoms with van der Waals surface area (Å²) in [6.07, 6.45) is 10.8. The van der Waals surface area contributed by atoms with Gasteiger partial charge in [0, 0.05) is 0 Å². The van der Waals surface area contributed by atoms with Gasteiger partial charge in [-0.15, -0.1) is 0 Å². The van der Waals surface area contributed by atoms with Crippen LogP contribution >= 0.6 is 0 Å². The predicted molar refractivity (Wildman–Crippen MR) is 83.4 cm³/mol. The highest BCUT2D eigenvalue weighted by Crippen LogP contribution is 2.42. The Morgan fingerprint density at radius 2 is 1.79 bits per heavy atom. The molecule has 0 heterocycles. The summed E-state index contributed by atoms with van der Waals surface area (Å²) >= 11 is 0. The van der Waals surface area contributed by atoms with E-state index in [-0.39, 0.29) is 0 Å². The highest BCUT2D eigenvalue weighted by atomic mass is 14.5. The fraction of sp³-hybridized carbons (Fsp3) is 0.667. The first kappa shape index (κ1) is 14.6. The Morgan fingerprint density at radius 3 is 2.42 bits per heavy atom. The lowest BCUT2D eigenvalue weighted by Gasteiger charge is -2.37. The molecule has 0 unspecified atom stereocenters. The summed E-state index contributed by atoms with van der Waals surface area (Å²) in [7, 11) is 0. The Bertz CT molecular complexity index is 397. The third-order valence-electron chi connectivity index (χ3n) is 5.01. The fourth-order valence-electron chi connectivity index (χ4n) is 3.76. The molecule has 2 rings (SSSR count). The molecule has 1 nitrogen and oxygen atoms in total. The summed E-state index contributed by atoms with van der Waals surface area (Å²) in [5.74, 6) is 0. The van der Waals surface area contributed by atoms with E-state index in [4.69, 9.17) is 5.73 Å². The average molecular weight is 259 g/mol. The molecule has 0 radical (unpaired) electrons. The summed E-state index contributed by atoms with van der Waals surface area (Å²) in [6, 6.07) is 6.88. The third-order valence-corrected chi connectivity index (χ3v) is 5.01. The number of nitrogens with two attached hydrogens (primary N) is 1. The van der Waals surface area contributed by atoms with Gasteiger partial charge in [0.05, 0.1) is 0 Å². The first-order valence-corrected chi connectivity index (χ1v) is 7.91. The number of aryl methyl sites for hydroxylation is 3. The Hall–Kier alpha value is -0.820. The van der Waals surface area contributed by atoms with Gasteiger partial charge in [0.2, 0.25) is 0 Å². The molecule has 0 atom stereocenters. The molecule has 1 aromatic carbocycles. The lowest BCUT2D eigenvalue weighted by atomic mass is 9.68. The average Bonchev–Trinajstić information content (AvgIpc) is 2.39. The van der Waals surface area contributed by atoms with Gasteiger partial charge in [-0.1, -0.05) is 43.0 Å². The molecular weight excluding hydrogens is 230 g/mol. The first-order valence-electron chi connectivity index (χ1n) is 7.91. The minimum atomic E-state index is 0.546. The highest BCUT2D eigenvalue weighted by molar-refractivity contribution is 5.30. The standard InChI is InChI=1S/C18H29N/c1-15-6-7-17(16(2)14-15)8-11-18(12-13-19)9-4-3-5-10-18/h6-7,14H,3-5,8-13,19H2,1-2H3. The van der Waals surface area contributed by atoms with Crippen molar-refractivity contribution in [3.63, 3.8) is 0 Å². The van der Waals surface area contributed by atoms with Gasteiger partial charge in [0.25, 0.3) is 0 Å². The van der Waals surface area contributed by atoms with E-state index in [1.807, 2.05) is 0 Å². The quantitative estimate of drug-likeness (QED) is 0.825. The van der Waals surface area contributed by atoms with Crippen molar-refractivity contribution in [1.29, 1.82) is 0 Å². The van der Waals surface area contributed by atoms with Crippen molar-refractivity contribution in [2.75, 3.05) is 6.54 Å². The summed E-state index contributed by atoms with van der Waals surface area (Å²) in [6.45, 7) is 5.28. The molecule has 0 bridgehead atoms. The maximum absolute atomic E-state index is 5.86. The van der Waals surface area contributed by atoms with Gasteiger partial charge in [-0.25, -0.2) is 0 Å². The van der Waals surface area contributed by atoms with E-state index in [1.165, 1.54) is 68.1 Å². The normalized spacial score (nSPS) is 18.5. The lowest BCUT2D eigenvalue weighted by Crippen LogP contribution is -2.28. The van der Waals surface area contributed by atoms with E-state index in [1.54, 1.807) is 0 Å². The van der Waals surface area contributed by atoms with Gasteiger partial charge in [-0.2, -0.15) is 0 Å². The van der Waals surface area contributed by atoms with Gasteiger partial charge in [0.15, 0.2) is 0 Å². The summed E-state index contributed by atoms with van der Waals surface area (Å²) < 4.78 is 0. The van der Waals surface area contributed by atoms with Crippen LogP contribution in [0.4, 0.5) is 0 Å². The Labute approximate surface area is 118 Å². The van der Waals surface area contributed by atoms with Crippen LogP contribution in [0.3, 0.4) is 0 Å². The summed E-state index contributed by atoms with van der Waals surface area (Å²) in [4.78, 5) is 0. The third kappa shape index (κ3) is 3.82. The fourth-order valence-corrected chi connectivity index (χ4v) is 3.76. The van der Waals surface area contributed by atoms with Crippen LogP contribution in [-0.4, -0.2) is 6.54 Å². The molecule has 1 fully saturated rings. The number of benzene rings is 1. The van der Waals surface area contributed by atoms with Crippen LogP contribution in [0.5, 0.6) is 0 Å². The maximum Gasteiger partial charge on any atom is -0.00720 e.